The lowest BCUT2D eigenvalue weighted by Gasteiger charge is -2.14. The normalized spacial score (nSPS) is 10.8. The minimum Gasteiger partial charge on any atom is -0.493 e. The summed E-state index contributed by atoms with van der Waals surface area (Å²) in [6.07, 6.45) is 1.31. The number of nitrogens with one attached hydrogen (secondary N) is 2. The molecular weight excluding hydrogens is 664 g/mol. The van der Waals surface area contributed by atoms with Crippen molar-refractivity contribution in [2.75, 3.05) is 26.6 Å². The number of rotatable bonds is 11. The second-order valence-electron chi connectivity index (χ2n) is 9.75. The molecule has 48 heavy (non-hydrogen) atoms. The molecule has 1 heterocycles. The fraction of sp³-hybridized carbons (Fsp3) is 0.0909. The van der Waals surface area contributed by atoms with Crippen molar-refractivity contribution in [2.45, 2.75) is 0 Å². The molecule has 0 spiro atoms. The lowest BCUT2D eigenvalue weighted by Crippen LogP contribution is -2.18. The van der Waals surface area contributed by atoms with Gasteiger partial charge in [-0.2, -0.15) is 5.10 Å². The summed E-state index contributed by atoms with van der Waals surface area (Å²) in [7, 11) is 4.36. The van der Waals surface area contributed by atoms with E-state index in [9.17, 15) is 24.5 Å². The number of ether oxygens (including phenoxy) is 4. The lowest BCUT2D eigenvalue weighted by molar-refractivity contribution is -0.384. The quantitative estimate of drug-likeness (QED) is 0.0503. The number of methoxy groups -OCH3 is 3. The van der Waals surface area contributed by atoms with E-state index in [1.54, 1.807) is 30.3 Å². The average Bonchev–Trinajstić information content (AvgIpc) is 3.43. The Morgan fingerprint density at radius 2 is 1.54 bits per heavy atom. The minimum absolute atomic E-state index is 0.0790. The predicted molar refractivity (Wildman–Crippen MR) is 180 cm³/mol. The zero-order valence-electron chi connectivity index (χ0n) is 25.4. The van der Waals surface area contributed by atoms with Gasteiger partial charge in [0.05, 0.1) is 37.5 Å². The molecule has 0 aliphatic heterocycles. The number of hydrazone groups is 1. The third kappa shape index (κ3) is 7.19. The van der Waals surface area contributed by atoms with Crippen molar-refractivity contribution in [2.24, 2.45) is 5.10 Å². The summed E-state index contributed by atoms with van der Waals surface area (Å²) in [5.74, 6) is -0.577. The summed E-state index contributed by atoms with van der Waals surface area (Å²) in [5, 5.41) is 18.5. The maximum atomic E-state index is 13.0. The molecule has 5 aromatic rings. The number of halogens is 1. The molecule has 0 atom stereocenters. The van der Waals surface area contributed by atoms with E-state index in [-0.39, 0.29) is 32.5 Å². The van der Waals surface area contributed by atoms with Gasteiger partial charge in [-0.3, -0.25) is 19.7 Å². The van der Waals surface area contributed by atoms with Crippen LogP contribution < -0.4 is 29.7 Å². The highest BCUT2D eigenvalue weighted by atomic mass is 35.5. The number of esters is 1. The first-order valence-electron chi connectivity index (χ1n) is 13.9. The third-order valence-corrected chi connectivity index (χ3v) is 8.47. The number of para-hydroxylation sites is 1. The highest BCUT2D eigenvalue weighted by Gasteiger charge is 2.22. The van der Waals surface area contributed by atoms with E-state index in [1.807, 2.05) is 0 Å². The van der Waals surface area contributed by atoms with E-state index in [0.717, 1.165) is 11.3 Å². The maximum absolute atomic E-state index is 13.0. The number of nitro groups is 1. The van der Waals surface area contributed by atoms with Gasteiger partial charge in [-0.05, 0) is 54.6 Å². The number of hydrogen-bond donors (Lipinski definition) is 2. The van der Waals surface area contributed by atoms with Crippen LogP contribution in [0.2, 0.25) is 5.02 Å². The van der Waals surface area contributed by atoms with Crippen LogP contribution in [0.15, 0.2) is 84.0 Å². The molecule has 0 aliphatic carbocycles. The molecule has 0 bridgehead atoms. The van der Waals surface area contributed by atoms with Gasteiger partial charge in [0.25, 0.3) is 17.5 Å². The molecule has 5 rings (SSSR count). The van der Waals surface area contributed by atoms with Crippen LogP contribution in [0.3, 0.4) is 0 Å². The van der Waals surface area contributed by atoms with Gasteiger partial charge in [0.1, 0.15) is 10.6 Å². The molecule has 13 nitrogen and oxygen atoms in total. The summed E-state index contributed by atoms with van der Waals surface area (Å²) in [6, 6.07) is 19.8. The first-order chi connectivity index (χ1) is 23.1. The number of anilines is 1. The molecular formula is C33H25ClN4O9S. The van der Waals surface area contributed by atoms with Crippen molar-refractivity contribution in [1.82, 2.24) is 5.43 Å². The van der Waals surface area contributed by atoms with Gasteiger partial charge < -0.3 is 24.3 Å². The highest BCUT2D eigenvalue weighted by molar-refractivity contribution is 7.21. The number of carbonyl (C=O) groups is 3. The Morgan fingerprint density at radius 1 is 0.854 bits per heavy atom. The number of amides is 2. The molecule has 1 aromatic heterocycles. The second kappa shape index (κ2) is 14.6. The molecule has 2 amide bonds. The third-order valence-electron chi connectivity index (χ3n) is 6.83. The van der Waals surface area contributed by atoms with Crippen LogP contribution in [0.4, 0.5) is 11.4 Å². The smallest absolute Gasteiger partial charge is 0.355 e. The van der Waals surface area contributed by atoms with Gasteiger partial charge in [-0.25, -0.2) is 10.2 Å². The first-order valence-corrected chi connectivity index (χ1v) is 15.1. The molecule has 0 radical (unpaired) electrons. The van der Waals surface area contributed by atoms with Crippen LogP contribution in [-0.2, 0) is 0 Å². The second-order valence-corrected chi connectivity index (χ2v) is 11.2. The highest BCUT2D eigenvalue weighted by Crippen LogP contribution is 2.39. The summed E-state index contributed by atoms with van der Waals surface area (Å²) in [6.45, 7) is 0. The Balaban J connectivity index is 1.22. The van der Waals surface area contributed by atoms with E-state index in [4.69, 9.17) is 30.5 Å². The summed E-state index contributed by atoms with van der Waals surface area (Å²) < 4.78 is 21.9. The van der Waals surface area contributed by atoms with Gasteiger partial charge >= 0.3 is 5.97 Å². The molecule has 0 saturated carbocycles. The first kappa shape index (κ1) is 33.4. The fourth-order valence-electron chi connectivity index (χ4n) is 4.47. The van der Waals surface area contributed by atoms with Crippen LogP contribution in [-0.4, -0.2) is 50.3 Å². The van der Waals surface area contributed by atoms with Crippen LogP contribution in [0.1, 0.15) is 36.0 Å². The van der Waals surface area contributed by atoms with Crippen molar-refractivity contribution >= 4 is 68.4 Å². The number of thiophene rings is 1. The number of non-ortho nitro benzene ring substituents is 1. The van der Waals surface area contributed by atoms with Crippen LogP contribution in [0.25, 0.3) is 10.1 Å². The van der Waals surface area contributed by atoms with Crippen LogP contribution in [0, 0.1) is 10.1 Å². The Morgan fingerprint density at radius 3 is 2.19 bits per heavy atom. The lowest BCUT2D eigenvalue weighted by atomic mass is 10.1. The molecule has 0 aliphatic rings. The molecule has 0 saturated heterocycles. The van der Waals surface area contributed by atoms with Crippen molar-refractivity contribution < 1.29 is 38.3 Å². The maximum Gasteiger partial charge on any atom is 0.355 e. The fourth-order valence-corrected chi connectivity index (χ4v) is 5.89. The standard InChI is InChI=1S/C33H25ClN4O9S/c1-44-25-14-20(15-26(45-2)29(25)46-3)31(39)36-21-10-8-18(9-11-21)32(40)37-35-17-19-6-4-5-7-24(19)47-33(41)30-28(34)23-13-12-22(38(42)43)16-27(23)48-30/h4-17H,1-3H3,(H,36,39)(H,37,40)/b35-17-. The van der Waals surface area contributed by atoms with E-state index in [1.165, 1.54) is 76.1 Å². The Bertz CT molecular complexity index is 2050. The average molecular weight is 689 g/mol. The topological polar surface area (TPSA) is 168 Å². The number of nitro benzene ring substituents is 1. The van der Waals surface area contributed by atoms with Gasteiger partial charge in [0, 0.05) is 44.6 Å². The number of fused-ring (bicyclic) bond motifs is 1. The summed E-state index contributed by atoms with van der Waals surface area (Å²) in [4.78, 5) is 49.3. The monoisotopic (exact) mass is 688 g/mol. The predicted octanol–water partition coefficient (Wildman–Crippen LogP) is 6.72. The summed E-state index contributed by atoms with van der Waals surface area (Å²) in [5.41, 5.74) is 3.63. The Hall–Kier alpha value is -5.99. The van der Waals surface area contributed by atoms with Crippen LogP contribution in [0.5, 0.6) is 23.0 Å². The molecule has 4 aromatic carbocycles. The van der Waals surface area contributed by atoms with E-state index >= 15 is 0 Å². The molecule has 244 valence electrons. The van der Waals surface area contributed by atoms with Gasteiger partial charge in [0.15, 0.2) is 11.5 Å². The van der Waals surface area contributed by atoms with Gasteiger partial charge in [-0.1, -0.05) is 23.7 Å². The number of nitrogens with zero attached hydrogens (tertiary/aromatic N) is 2. The zero-order valence-corrected chi connectivity index (χ0v) is 27.0. The zero-order chi connectivity index (χ0) is 34.4. The van der Waals surface area contributed by atoms with E-state index < -0.39 is 22.7 Å². The molecule has 0 unspecified atom stereocenters. The largest absolute Gasteiger partial charge is 0.493 e. The van der Waals surface area contributed by atoms with Crippen molar-refractivity contribution in [3.05, 3.63) is 116 Å². The van der Waals surface area contributed by atoms with Crippen molar-refractivity contribution in [3.63, 3.8) is 0 Å². The molecule has 2 N–H and O–H groups in total. The van der Waals surface area contributed by atoms with E-state index in [0.29, 0.717) is 38.6 Å². The van der Waals surface area contributed by atoms with E-state index in [2.05, 4.69) is 15.8 Å². The SMILES string of the molecule is COc1cc(C(=O)Nc2ccc(C(=O)N/N=C\c3ccccc3OC(=O)c3sc4cc([N+](=O)[O-])ccc4c3Cl)cc2)cc(OC)c1OC. The van der Waals surface area contributed by atoms with Gasteiger partial charge in [0.2, 0.25) is 5.75 Å². The number of carbonyl (C=O) groups excluding carboxylic acids is 3. The minimum atomic E-state index is -0.758. The van der Waals surface area contributed by atoms with Gasteiger partial charge in [-0.15, -0.1) is 11.3 Å². The van der Waals surface area contributed by atoms with Crippen molar-refractivity contribution in [1.29, 1.82) is 0 Å². The Labute approximate surface area is 281 Å². The van der Waals surface area contributed by atoms with Crippen LogP contribution >= 0.6 is 22.9 Å². The molecule has 0 fully saturated rings. The van der Waals surface area contributed by atoms with Crippen molar-refractivity contribution in [3.8, 4) is 23.0 Å². The Kier molecular flexibility index (Phi) is 10.2. The molecule has 15 heteroatoms. The number of hydrogen-bond acceptors (Lipinski definition) is 11. The number of benzene rings is 4. The summed E-state index contributed by atoms with van der Waals surface area (Å²) >= 11 is 7.37.